The second kappa shape index (κ2) is 7.53. The van der Waals surface area contributed by atoms with E-state index in [1.54, 1.807) is 37.4 Å². The molecule has 3 aromatic heterocycles. The Hall–Kier alpha value is -3.59. The standard InChI is InChI=1S/C20H16N4O2/c1-13-3-4-17(12-23-13)26-18-7-14(2)24-19(10-18)20(25)9-16-8-15(11-21)5-6-22-16/h3-8,10,12H,9H2,1-2H3. The molecule has 6 heteroatoms. The number of nitrogens with zero attached hydrogens (tertiary/aromatic N) is 4. The SMILES string of the molecule is Cc1ccc(Oc2cc(C)nc(C(=O)Cc3cc(C#N)ccn3)c2)cn1. The monoisotopic (exact) mass is 344 g/mol. The number of ether oxygens (including phenoxy) is 1. The molecule has 3 rings (SSSR count). The van der Waals surface area contributed by atoms with Gasteiger partial charge in [-0.3, -0.25) is 14.8 Å². The molecule has 0 radical (unpaired) electrons. The first-order valence-electron chi connectivity index (χ1n) is 8.01. The van der Waals surface area contributed by atoms with Crippen LogP contribution >= 0.6 is 0 Å². The van der Waals surface area contributed by atoms with Crippen molar-refractivity contribution >= 4 is 5.78 Å². The van der Waals surface area contributed by atoms with Crippen LogP contribution in [0.1, 0.15) is 33.1 Å². The van der Waals surface area contributed by atoms with Gasteiger partial charge in [0.05, 0.1) is 24.3 Å². The van der Waals surface area contributed by atoms with Crippen LogP contribution in [0.3, 0.4) is 0 Å². The van der Waals surface area contributed by atoms with Crippen molar-refractivity contribution in [1.29, 1.82) is 5.26 Å². The van der Waals surface area contributed by atoms with Crippen LogP contribution in [0.2, 0.25) is 0 Å². The van der Waals surface area contributed by atoms with Crippen LogP contribution in [0, 0.1) is 25.2 Å². The Balaban J connectivity index is 1.81. The van der Waals surface area contributed by atoms with Crippen molar-refractivity contribution in [1.82, 2.24) is 15.0 Å². The van der Waals surface area contributed by atoms with Gasteiger partial charge in [-0.05, 0) is 38.1 Å². The summed E-state index contributed by atoms with van der Waals surface area (Å²) in [5.74, 6) is 0.913. The summed E-state index contributed by atoms with van der Waals surface area (Å²) >= 11 is 0. The first-order valence-corrected chi connectivity index (χ1v) is 8.01. The van der Waals surface area contributed by atoms with Crippen molar-refractivity contribution in [3.05, 3.63) is 77.1 Å². The molecule has 6 nitrogen and oxygen atoms in total. The third kappa shape index (κ3) is 4.28. The average Bonchev–Trinajstić information content (AvgIpc) is 2.63. The summed E-state index contributed by atoms with van der Waals surface area (Å²) in [7, 11) is 0. The van der Waals surface area contributed by atoms with Gasteiger partial charge in [-0.25, -0.2) is 4.98 Å². The fourth-order valence-electron chi connectivity index (χ4n) is 2.39. The number of carbonyl (C=O) groups excluding carboxylic acids is 1. The lowest BCUT2D eigenvalue weighted by atomic mass is 10.1. The number of pyridine rings is 3. The molecule has 3 heterocycles. The Morgan fingerprint density at radius 1 is 1.08 bits per heavy atom. The molecule has 3 aromatic rings. The molecule has 0 N–H and O–H groups in total. The minimum atomic E-state index is -0.192. The van der Waals surface area contributed by atoms with Crippen molar-refractivity contribution in [2.45, 2.75) is 20.3 Å². The maximum atomic E-state index is 12.6. The molecule has 0 aliphatic carbocycles. The van der Waals surface area contributed by atoms with Crippen molar-refractivity contribution in [3.63, 3.8) is 0 Å². The minimum absolute atomic E-state index is 0.0670. The van der Waals surface area contributed by atoms with Gasteiger partial charge in [0.1, 0.15) is 17.2 Å². The highest BCUT2D eigenvalue weighted by atomic mass is 16.5. The molecule has 128 valence electrons. The second-order valence-corrected chi connectivity index (χ2v) is 5.81. The Morgan fingerprint density at radius 2 is 1.92 bits per heavy atom. The molecule has 0 aromatic carbocycles. The number of carbonyl (C=O) groups is 1. The molecule has 0 saturated carbocycles. The molecule has 0 bridgehead atoms. The van der Waals surface area contributed by atoms with Crippen LogP contribution in [0.25, 0.3) is 0 Å². The van der Waals surface area contributed by atoms with Crippen LogP contribution < -0.4 is 4.74 Å². The van der Waals surface area contributed by atoms with Crippen molar-refractivity contribution in [2.24, 2.45) is 0 Å². The quantitative estimate of drug-likeness (QED) is 0.657. The predicted molar refractivity (Wildman–Crippen MR) is 95.0 cm³/mol. The van der Waals surface area contributed by atoms with Gasteiger partial charge in [0.15, 0.2) is 5.78 Å². The van der Waals surface area contributed by atoms with Gasteiger partial charge in [-0.15, -0.1) is 0 Å². The van der Waals surface area contributed by atoms with Crippen LogP contribution in [0.15, 0.2) is 48.8 Å². The third-order valence-electron chi connectivity index (χ3n) is 3.62. The number of rotatable bonds is 5. The predicted octanol–water partition coefficient (Wildman–Crippen LogP) is 3.58. The van der Waals surface area contributed by atoms with Crippen molar-refractivity contribution < 1.29 is 9.53 Å². The summed E-state index contributed by atoms with van der Waals surface area (Å²) in [4.78, 5) is 25.2. The van der Waals surface area contributed by atoms with Crippen molar-refractivity contribution in [3.8, 4) is 17.6 Å². The second-order valence-electron chi connectivity index (χ2n) is 5.81. The molecule has 0 spiro atoms. The lowest BCUT2D eigenvalue weighted by Gasteiger charge is -2.08. The van der Waals surface area contributed by atoms with Gasteiger partial charge in [0, 0.05) is 35.4 Å². The highest BCUT2D eigenvalue weighted by Gasteiger charge is 2.13. The fourth-order valence-corrected chi connectivity index (χ4v) is 2.39. The van der Waals surface area contributed by atoms with Crippen LogP contribution in [0.5, 0.6) is 11.5 Å². The van der Waals surface area contributed by atoms with Crippen molar-refractivity contribution in [2.75, 3.05) is 0 Å². The topological polar surface area (TPSA) is 88.8 Å². The lowest BCUT2D eigenvalue weighted by Crippen LogP contribution is -2.08. The maximum absolute atomic E-state index is 12.6. The van der Waals surface area contributed by atoms with E-state index in [0.29, 0.717) is 34.1 Å². The van der Waals surface area contributed by atoms with E-state index in [1.807, 2.05) is 25.1 Å². The molecule has 0 aliphatic rings. The summed E-state index contributed by atoms with van der Waals surface area (Å²) in [5, 5.41) is 8.95. The summed E-state index contributed by atoms with van der Waals surface area (Å²) in [5.41, 5.74) is 2.86. The van der Waals surface area contributed by atoms with E-state index in [-0.39, 0.29) is 12.2 Å². The number of hydrogen-bond donors (Lipinski definition) is 0. The molecule has 0 amide bonds. The largest absolute Gasteiger partial charge is 0.456 e. The lowest BCUT2D eigenvalue weighted by molar-refractivity contribution is 0.0986. The van der Waals surface area contributed by atoms with E-state index in [9.17, 15) is 4.79 Å². The van der Waals surface area contributed by atoms with Crippen LogP contribution in [-0.4, -0.2) is 20.7 Å². The number of ketones is 1. The van der Waals surface area contributed by atoms with Gasteiger partial charge in [0.2, 0.25) is 0 Å². The first kappa shape index (κ1) is 17.2. The summed E-state index contributed by atoms with van der Waals surface area (Å²) in [6.45, 7) is 3.69. The fraction of sp³-hybridized carbons (Fsp3) is 0.150. The smallest absolute Gasteiger partial charge is 0.187 e. The molecule has 0 unspecified atom stereocenters. The number of hydrogen-bond acceptors (Lipinski definition) is 6. The molecule has 0 fully saturated rings. The number of Topliss-reactive ketones (excluding diaryl/α,β-unsaturated/α-hetero) is 1. The van der Waals surface area contributed by atoms with E-state index in [1.165, 1.54) is 6.20 Å². The Bertz CT molecular complexity index is 991. The van der Waals surface area contributed by atoms with Gasteiger partial charge in [0.25, 0.3) is 0 Å². The van der Waals surface area contributed by atoms with Crippen LogP contribution in [-0.2, 0) is 6.42 Å². The Kier molecular flexibility index (Phi) is 4.99. The molecule has 0 aliphatic heterocycles. The number of aryl methyl sites for hydroxylation is 2. The van der Waals surface area contributed by atoms with E-state index in [0.717, 1.165) is 5.69 Å². The van der Waals surface area contributed by atoms with Gasteiger partial charge in [-0.2, -0.15) is 5.26 Å². The van der Waals surface area contributed by atoms with Gasteiger partial charge < -0.3 is 4.74 Å². The summed E-state index contributed by atoms with van der Waals surface area (Å²) < 4.78 is 5.78. The van der Waals surface area contributed by atoms with E-state index < -0.39 is 0 Å². The van der Waals surface area contributed by atoms with Gasteiger partial charge >= 0.3 is 0 Å². The zero-order chi connectivity index (χ0) is 18.5. The zero-order valence-corrected chi connectivity index (χ0v) is 14.4. The molecular formula is C20H16N4O2. The molecule has 0 atom stereocenters. The average molecular weight is 344 g/mol. The zero-order valence-electron chi connectivity index (χ0n) is 14.4. The van der Waals surface area contributed by atoms with E-state index >= 15 is 0 Å². The molecular weight excluding hydrogens is 328 g/mol. The maximum Gasteiger partial charge on any atom is 0.187 e. The van der Waals surface area contributed by atoms with Gasteiger partial charge in [-0.1, -0.05) is 0 Å². The molecule has 0 saturated heterocycles. The van der Waals surface area contributed by atoms with Crippen LogP contribution in [0.4, 0.5) is 0 Å². The first-order chi connectivity index (χ1) is 12.5. The highest BCUT2D eigenvalue weighted by Crippen LogP contribution is 2.22. The third-order valence-corrected chi connectivity index (χ3v) is 3.62. The minimum Gasteiger partial charge on any atom is -0.456 e. The summed E-state index contributed by atoms with van der Waals surface area (Å²) in [6.07, 6.45) is 3.21. The number of nitriles is 1. The number of aromatic nitrogens is 3. The van der Waals surface area contributed by atoms with E-state index in [4.69, 9.17) is 10.00 Å². The van der Waals surface area contributed by atoms with E-state index in [2.05, 4.69) is 15.0 Å². The normalized spacial score (nSPS) is 10.2. The highest BCUT2D eigenvalue weighted by molar-refractivity contribution is 5.96. The summed E-state index contributed by atoms with van der Waals surface area (Å²) in [6, 6.07) is 12.3. The molecule has 26 heavy (non-hydrogen) atoms. The Labute approximate surface area is 151 Å². The Morgan fingerprint density at radius 3 is 2.65 bits per heavy atom.